The van der Waals surface area contributed by atoms with Gasteiger partial charge >= 0.3 is 0 Å². The molecule has 0 aliphatic heterocycles. The Morgan fingerprint density at radius 1 is 0.739 bits per heavy atom. The summed E-state index contributed by atoms with van der Waals surface area (Å²) in [5, 5.41) is 0. The molecule has 0 heterocycles. The van der Waals surface area contributed by atoms with Gasteiger partial charge in [-0.15, -0.1) is 0 Å². The van der Waals surface area contributed by atoms with E-state index in [1.807, 2.05) is 12.1 Å². The Hall–Kier alpha value is -1.96. The minimum atomic E-state index is 0.181. The minimum Gasteiger partial charge on any atom is -0.494 e. The Labute approximate surface area is 140 Å². The van der Waals surface area contributed by atoms with E-state index in [1.54, 1.807) is 0 Å². The largest absolute Gasteiger partial charge is 0.494 e. The monoisotopic (exact) mass is 312 g/mol. The summed E-state index contributed by atoms with van der Waals surface area (Å²) < 4.78 is 11.4. The van der Waals surface area contributed by atoms with E-state index >= 15 is 0 Å². The lowest BCUT2D eigenvalue weighted by molar-refractivity contribution is 0.198. The van der Waals surface area contributed by atoms with Gasteiger partial charge in [0.1, 0.15) is 11.5 Å². The fourth-order valence-corrected chi connectivity index (χ4v) is 2.16. The first-order chi connectivity index (χ1) is 11.0. The number of ether oxygens (including phenoxy) is 2. The van der Waals surface area contributed by atoms with Crippen LogP contribution in [0.2, 0.25) is 0 Å². The maximum absolute atomic E-state index is 5.81. The minimum absolute atomic E-state index is 0.181. The van der Waals surface area contributed by atoms with Crippen molar-refractivity contribution in [3.63, 3.8) is 0 Å². The Morgan fingerprint density at radius 2 is 1.22 bits per heavy atom. The molecule has 2 heteroatoms. The molecule has 0 amide bonds. The van der Waals surface area contributed by atoms with Crippen LogP contribution in [0.25, 0.3) is 0 Å². The summed E-state index contributed by atoms with van der Waals surface area (Å²) in [6.07, 6.45) is 1.96. The van der Waals surface area contributed by atoms with Gasteiger partial charge in [0.25, 0.3) is 0 Å². The first-order valence-electron chi connectivity index (χ1n) is 8.40. The Kier molecular flexibility index (Phi) is 6.09. The lowest BCUT2D eigenvalue weighted by Gasteiger charge is -2.18. The first-order valence-corrected chi connectivity index (χ1v) is 8.40. The fourth-order valence-electron chi connectivity index (χ4n) is 2.16. The van der Waals surface area contributed by atoms with Crippen molar-refractivity contribution in [1.82, 2.24) is 0 Å². The first kappa shape index (κ1) is 17.4. The molecule has 0 atom stereocenters. The van der Waals surface area contributed by atoms with Gasteiger partial charge in [-0.25, -0.2) is 0 Å². The molecule has 0 saturated carbocycles. The molecular weight excluding hydrogens is 284 g/mol. The molecule has 124 valence electrons. The molecule has 0 aromatic heterocycles. The van der Waals surface area contributed by atoms with Gasteiger partial charge in [0.15, 0.2) is 0 Å². The van der Waals surface area contributed by atoms with Crippen LogP contribution in [0.5, 0.6) is 11.5 Å². The molecule has 0 aliphatic carbocycles. The van der Waals surface area contributed by atoms with E-state index in [2.05, 4.69) is 64.1 Å². The SMILES string of the molecule is CCCOc1ccc(Cc2ccc(OCC(C)(C)C)cc2)cc1. The summed E-state index contributed by atoms with van der Waals surface area (Å²) in [6, 6.07) is 16.8. The van der Waals surface area contributed by atoms with Crippen molar-refractivity contribution < 1.29 is 9.47 Å². The van der Waals surface area contributed by atoms with E-state index in [0.29, 0.717) is 0 Å². The van der Waals surface area contributed by atoms with Gasteiger partial charge in [-0.05, 0) is 53.6 Å². The Balaban J connectivity index is 1.90. The van der Waals surface area contributed by atoms with Gasteiger partial charge < -0.3 is 9.47 Å². The smallest absolute Gasteiger partial charge is 0.119 e. The molecule has 0 radical (unpaired) electrons. The van der Waals surface area contributed by atoms with E-state index in [-0.39, 0.29) is 5.41 Å². The highest BCUT2D eigenvalue weighted by atomic mass is 16.5. The van der Waals surface area contributed by atoms with Crippen molar-refractivity contribution in [1.29, 1.82) is 0 Å². The molecule has 2 aromatic rings. The number of benzene rings is 2. The summed E-state index contributed by atoms with van der Waals surface area (Å²) in [6.45, 7) is 10.1. The van der Waals surface area contributed by atoms with Crippen LogP contribution < -0.4 is 9.47 Å². The molecule has 0 fully saturated rings. The van der Waals surface area contributed by atoms with E-state index in [1.165, 1.54) is 11.1 Å². The van der Waals surface area contributed by atoms with Gasteiger partial charge in [0.2, 0.25) is 0 Å². The summed E-state index contributed by atoms with van der Waals surface area (Å²) in [7, 11) is 0. The molecule has 23 heavy (non-hydrogen) atoms. The quantitative estimate of drug-likeness (QED) is 0.673. The Bertz CT molecular complexity index is 577. The zero-order valence-corrected chi connectivity index (χ0v) is 14.8. The number of rotatable bonds is 7. The third-order valence-corrected chi connectivity index (χ3v) is 3.40. The highest BCUT2D eigenvalue weighted by molar-refractivity contribution is 5.34. The van der Waals surface area contributed by atoms with E-state index in [9.17, 15) is 0 Å². The molecule has 2 aromatic carbocycles. The highest BCUT2D eigenvalue weighted by Crippen LogP contribution is 2.20. The Morgan fingerprint density at radius 3 is 1.65 bits per heavy atom. The standard InChI is InChI=1S/C21H28O2/c1-5-14-22-19-10-6-17(7-11-19)15-18-8-12-20(13-9-18)23-16-21(2,3)4/h6-13H,5,14-16H2,1-4H3. The third kappa shape index (κ3) is 6.35. The van der Waals surface area contributed by atoms with Gasteiger partial charge in [-0.2, -0.15) is 0 Å². The van der Waals surface area contributed by atoms with Crippen molar-refractivity contribution >= 4 is 0 Å². The van der Waals surface area contributed by atoms with Gasteiger partial charge in [-0.3, -0.25) is 0 Å². The molecule has 2 nitrogen and oxygen atoms in total. The molecule has 0 bridgehead atoms. The molecule has 0 N–H and O–H groups in total. The molecular formula is C21H28O2. The third-order valence-electron chi connectivity index (χ3n) is 3.40. The maximum Gasteiger partial charge on any atom is 0.119 e. The second-order valence-electron chi connectivity index (χ2n) is 7.16. The predicted molar refractivity (Wildman–Crippen MR) is 96.4 cm³/mol. The van der Waals surface area contributed by atoms with Crippen molar-refractivity contribution in [2.24, 2.45) is 5.41 Å². The second kappa shape index (κ2) is 8.05. The van der Waals surface area contributed by atoms with Crippen LogP contribution in [0.3, 0.4) is 0 Å². The van der Waals surface area contributed by atoms with Crippen LogP contribution in [-0.4, -0.2) is 13.2 Å². The topological polar surface area (TPSA) is 18.5 Å². The molecule has 0 spiro atoms. The van der Waals surface area contributed by atoms with E-state index in [4.69, 9.17) is 9.47 Å². The van der Waals surface area contributed by atoms with Crippen LogP contribution in [-0.2, 0) is 6.42 Å². The van der Waals surface area contributed by atoms with Crippen molar-refractivity contribution in [3.05, 3.63) is 59.7 Å². The zero-order valence-electron chi connectivity index (χ0n) is 14.8. The molecule has 2 rings (SSSR count). The summed E-state index contributed by atoms with van der Waals surface area (Å²) in [5.74, 6) is 1.88. The van der Waals surface area contributed by atoms with Crippen LogP contribution in [0.15, 0.2) is 48.5 Å². The number of hydrogen-bond acceptors (Lipinski definition) is 2. The van der Waals surface area contributed by atoms with Crippen LogP contribution in [0.1, 0.15) is 45.2 Å². The highest BCUT2D eigenvalue weighted by Gasteiger charge is 2.10. The predicted octanol–water partition coefficient (Wildman–Crippen LogP) is 5.49. The van der Waals surface area contributed by atoms with E-state index in [0.717, 1.165) is 37.6 Å². The fraction of sp³-hybridized carbons (Fsp3) is 0.429. The van der Waals surface area contributed by atoms with Crippen molar-refractivity contribution in [2.45, 2.75) is 40.5 Å². The normalized spacial score (nSPS) is 11.3. The van der Waals surface area contributed by atoms with E-state index < -0.39 is 0 Å². The zero-order chi connectivity index (χ0) is 16.7. The van der Waals surface area contributed by atoms with Crippen molar-refractivity contribution in [2.75, 3.05) is 13.2 Å². The van der Waals surface area contributed by atoms with Gasteiger partial charge in [0.05, 0.1) is 13.2 Å². The molecule has 0 unspecified atom stereocenters. The van der Waals surface area contributed by atoms with Crippen molar-refractivity contribution in [3.8, 4) is 11.5 Å². The van der Waals surface area contributed by atoms with Gasteiger partial charge in [0, 0.05) is 0 Å². The van der Waals surface area contributed by atoms with Crippen LogP contribution in [0, 0.1) is 5.41 Å². The van der Waals surface area contributed by atoms with Crippen LogP contribution >= 0.6 is 0 Å². The average Bonchev–Trinajstić information content (AvgIpc) is 2.53. The molecule has 0 aliphatic rings. The van der Waals surface area contributed by atoms with Gasteiger partial charge in [-0.1, -0.05) is 52.0 Å². The maximum atomic E-state index is 5.81. The summed E-state index contributed by atoms with van der Waals surface area (Å²) in [4.78, 5) is 0. The summed E-state index contributed by atoms with van der Waals surface area (Å²) >= 11 is 0. The average molecular weight is 312 g/mol. The summed E-state index contributed by atoms with van der Waals surface area (Å²) in [5.41, 5.74) is 2.76. The molecule has 0 saturated heterocycles. The number of hydrogen-bond donors (Lipinski definition) is 0. The van der Waals surface area contributed by atoms with Crippen LogP contribution in [0.4, 0.5) is 0 Å². The lowest BCUT2D eigenvalue weighted by atomic mass is 9.99. The second-order valence-corrected chi connectivity index (χ2v) is 7.16. The lowest BCUT2D eigenvalue weighted by Crippen LogP contribution is -2.16.